The van der Waals surface area contributed by atoms with Gasteiger partial charge in [0.2, 0.25) is 0 Å². The molecular formula is C17H27ClN2. The number of nitrogens with zero attached hydrogens (tertiary/aromatic N) is 1. The average Bonchev–Trinajstić information content (AvgIpc) is 3.22. The molecule has 1 saturated carbocycles. The van der Waals surface area contributed by atoms with Gasteiger partial charge in [-0.3, -0.25) is 0 Å². The van der Waals surface area contributed by atoms with Crippen LogP contribution in [0.25, 0.3) is 0 Å². The molecule has 20 heavy (non-hydrogen) atoms. The Morgan fingerprint density at radius 1 is 1.35 bits per heavy atom. The number of halogens is 1. The van der Waals surface area contributed by atoms with E-state index in [1.165, 1.54) is 24.1 Å². The molecular weight excluding hydrogens is 268 g/mol. The molecule has 1 fully saturated rings. The van der Waals surface area contributed by atoms with Crippen molar-refractivity contribution in [2.75, 3.05) is 18.0 Å². The van der Waals surface area contributed by atoms with Gasteiger partial charge in [-0.05, 0) is 49.7 Å². The SMILES string of the molecule is CCCN(CC1CC1)c1c(Cl)cccc1CC(N)CC. The van der Waals surface area contributed by atoms with E-state index in [9.17, 15) is 0 Å². The smallest absolute Gasteiger partial charge is 0.0642 e. The Kier molecular flexibility index (Phi) is 5.74. The molecule has 0 radical (unpaired) electrons. The summed E-state index contributed by atoms with van der Waals surface area (Å²) in [6.07, 6.45) is 5.81. The van der Waals surface area contributed by atoms with Crippen molar-refractivity contribution < 1.29 is 0 Å². The summed E-state index contributed by atoms with van der Waals surface area (Å²) in [6, 6.07) is 6.46. The van der Waals surface area contributed by atoms with Crippen LogP contribution in [-0.4, -0.2) is 19.1 Å². The third-order valence-corrected chi connectivity index (χ3v) is 4.37. The Morgan fingerprint density at radius 3 is 2.70 bits per heavy atom. The molecule has 0 aliphatic heterocycles. The average molecular weight is 295 g/mol. The summed E-state index contributed by atoms with van der Waals surface area (Å²) in [5.41, 5.74) is 8.69. The highest BCUT2D eigenvalue weighted by Gasteiger charge is 2.26. The monoisotopic (exact) mass is 294 g/mol. The molecule has 1 aliphatic carbocycles. The van der Waals surface area contributed by atoms with E-state index >= 15 is 0 Å². The standard InChI is InChI=1S/C17H27ClN2/c1-3-10-20(12-13-8-9-13)17-14(11-15(19)4-2)6-5-7-16(17)18/h5-7,13,15H,3-4,8-12,19H2,1-2H3. The first-order chi connectivity index (χ1) is 9.65. The Balaban J connectivity index is 2.24. The fraction of sp³-hybridized carbons (Fsp3) is 0.647. The summed E-state index contributed by atoms with van der Waals surface area (Å²) >= 11 is 6.51. The van der Waals surface area contributed by atoms with E-state index in [0.29, 0.717) is 0 Å². The second-order valence-corrected chi connectivity index (χ2v) is 6.42. The van der Waals surface area contributed by atoms with E-state index in [0.717, 1.165) is 43.3 Å². The van der Waals surface area contributed by atoms with Gasteiger partial charge >= 0.3 is 0 Å². The van der Waals surface area contributed by atoms with E-state index in [2.05, 4.69) is 24.8 Å². The van der Waals surface area contributed by atoms with Crippen LogP contribution < -0.4 is 10.6 Å². The van der Waals surface area contributed by atoms with Crippen molar-refractivity contribution in [3.05, 3.63) is 28.8 Å². The van der Waals surface area contributed by atoms with Crippen molar-refractivity contribution in [3.8, 4) is 0 Å². The highest BCUT2D eigenvalue weighted by molar-refractivity contribution is 6.33. The molecule has 112 valence electrons. The minimum absolute atomic E-state index is 0.219. The zero-order valence-corrected chi connectivity index (χ0v) is 13.5. The Hall–Kier alpha value is -0.730. The number of hydrogen-bond acceptors (Lipinski definition) is 2. The lowest BCUT2D eigenvalue weighted by Crippen LogP contribution is -2.29. The summed E-state index contributed by atoms with van der Waals surface area (Å²) in [6.45, 7) is 6.59. The molecule has 3 heteroatoms. The van der Waals surface area contributed by atoms with Gasteiger partial charge in [-0.15, -0.1) is 0 Å². The van der Waals surface area contributed by atoms with Gasteiger partial charge < -0.3 is 10.6 Å². The van der Waals surface area contributed by atoms with E-state index in [1.807, 2.05) is 12.1 Å². The molecule has 1 atom stereocenters. The fourth-order valence-electron chi connectivity index (χ4n) is 2.68. The van der Waals surface area contributed by atoms with Gasteiger partial charge in [0.25, 0.3) is 0 Å². The predicted octanol–water partition coefficient (Wildman–Crippen LogP) is 4.25. The number of rotatable bonds is 8. The van der Waals surface area contributed by atoms with Crippen molar-refractivity contribution in [2.45, 2.75) is 52.0 Å². The molecule has 1 aromatic rings. The molecule has 0 aromatic heterocycles. The molecule has 0 bridgehead atoms. The quantitative estimate of drug-likeness (QED) is 0.777. The van der Waals surface area contributed by atoms with Crippen LogP contribution in [0.15, 0.2) is 18.2 Å². The van der Waals surface area contributed by atoms with Crippen LogP contribution >= 0.6 is 11.6 Å². The minimum atomic E-state index is 0.219. The van der Waals surface area contributed by atoms with Crippen molar-refractivity contribution in [1.82, 2.24) is 0 Å². The molecule has 0 spiro atoms. The maximum absolute atomic E-state index is 6.51. The van der Waals surface area contributed by atoms with Gasteiger partial charge in [0, 0.05) is 19.1 Å². The summed E-state index contributed by atoms with van der Waals surface area (Å²) in [4.78, 5) is 2.48. The number of para-hydroxylation sites is 1. The van der Waals surface area contributed by atoms with Gasteiger partial charge in [0.15, 0.2) is 0 Å². The van der Waals surface area contributed by atoms with Gasteiger partial charge in [-0.25, -0.2) is 0 Å². The topological polar surface area (TPSA) is 29.3 Å². The van der Waals surface area contributed by atoms with Crippen LogP contribution in [0.4, 0.5) is 5.69 Å². The lowest BCUT2D eigenvalue weighted by Gasteiger charge is -2.28. The molecule has 1 aromatic carbocycles. The van der Waals surface area contributed by atoms with Crippen LogP contribution in [0, 0.1) is 5.92 Å². The molecule has 0 heterocycles. The highest BCUT2D eigenvalue weighted by Crippen LogP contribution is 2.36. The Morgan fingerprint density at radius 2 is 2.10 bits per heavy atom. The molecule has 0 saturated heterocycles. The van der Waals surface area contributed by atoms with Crippen LogP contribution in [0.5, 0.6) is 0 Å². The maximum atomic E-state index is 6.51. The van der Waals surface area contributed by atoms with Crippen LogP contribution in [0.2, 0.25) is 5.02 Å². The van der Waals surface area contributed by atoms with Gasteiger partial charge in [-0.1, -0.05) is 37.6 Å². The summed E-state index contributed by atoms with van der Waals surface area (Å²) in [5, 5.41) is 0.875. The van der Waals surface area contributed by atoms with Crippen molar-refractivity contribution in [1.29, 1.82) is 0 Å². The minimum Gasteiger partial charge on any atom is -0.370 e. The number of anilines is 1. The third-order valence-electron chi connectivity index (χ3n) is 4.06. The first-order valence-electron chi connectivity index (χ1n) is 7.93. The van der Waals surface area contributed by atoms with Crippen LogP contribution in [0.3, 0.4) is 0 Å². The van der Waals surface area contributed by atoms with E-state index in [-0.39, 0.29) is 6.04 Å². The molecule has 2 rings (SSSR count). The first kappa shape index (κ1) is 15.7. The van der Waals surface area contributed by atoms with Crippen LogP contribution in [-0.2, 0) is 6.42 Å². The zero-order valence-electron chi connectivity index (χ0n) is 12.7. The molecule has 2 nitrogen and oxygen atoms in total. The normalized spacial score (nSPS) is 16.2. The lowest BCUT2D eigenvalue weighted by molar-refractivity contribution is 0.640. The second kappa shape index (κ2) is 7.33. The van der Waals surface area contributed by atoms with Crippen molar-refractivity contribution in [3.63, 3.8) is 0 Å². The van der Waals surface area contributed by atoms with Gasteiger partial charge in [0.05, 0.1) is 10.7 Å². The Labute approximate surface area is 128 Å². The zero-order chi connectivity index (χ0) is 14.5. The Bertz CT molecular complexity index is 429. The number of benzene rings is 1. The molecule has 1 aliphatic rings. The van der Waals surface area contributed by atoms with Gasteiger partial charge in [0.1, 0.15) is 0 Å². The molecule has 0 amide bonds. The first-order valence-corrected chi connectivity index (χ1v) is 8.31. The van der Waals surface area contributed by atoms with Crippen LogP contribution in [0.1, 0.15) is 45.1 Å². The third kappa shape index (κ3) is 4.13. The lowest BCUT2D eigenvalue weighted by atomic mass is 10.0. The van der Waals surface area contributed by atoms with Crippen molar-refractivity contribution >= 4 is 17.3 Å². The molecule has 2 N–H and O–H groups in total. The summed E-state index contributed by atoms with van der Waals surface area (Å²) < 4.78 is 0. The van der Waals surface area contributed by atoms with Crippen molar-refractivity contribution in [2.24, 2.45) is 11.7 Å². The predicted molar refractivity (Wildman–Crippen MR) is 88.7 cm³/mol. The molecule has 1 unspecified atom stereocenters. The second-order valence-electron chi connectivity index (χ2n) is 6.01. The van der Waals surface area contributed by atoms with E-state index in [4.69, 9.17) is 17.3 Å². The summed E-state index contributed by atoms with van der Waals surface area (Å²) in [7, 11) is 0. The van der Waals surface area contributed by atoms with Gasteiger partial charge in [-0.2, -0.15) is 0 Å². The largest absolute Gasteiger partial charge is 0.370 e. The highest BCUT2D eigenvalue weighted by atomic mass is 35.5. The van der Waals surface area contributed by atoms with E-state index < -0.39 is 0 Å². The fourth-order valence-corrected chi connectivity index (χ4v) is 3.00. The number of hydrogen-bond donors (Lipinski definition) is 1. The maximum Gasteiger partial charge on any atom is 0.0642 e. The number of nitrogens with two attached hydrogens (primary N) is 1. The summed E-state index contributed by atoms with van der Waals surface area (Å²) in [5.74, 6) is 0.866. The van der Waals surface area contributed by atoms with E-state index in [1.54, 1.807) is 0 Å².